The molecule has 3 unspecified atom stereocenters. The highest BCUT2D eigenvalue weighted by molar-refractivity contribution is 5.70. The van der Waals surface area contributed by atoms with Gasteiger partial charge in [-0.2, -0.15) is 0 Å². The molecule has 0 aromatic carbocycles. The average Bonchev–Trinajstić information content (AvgIpc) is 2.61. The third-order valence-electron chi connectivity index (χ3n) is 3.07. The number of amides is 1. The molecule has 0 aromatic rings. The predicted molar refractivity (Wildman–Crippen MR) is 54.2 cm³/mol. The monoisotopic (exact) mass is 231 g/mol. The van der Waals surface area contributed by atoms with E-state index in [4.69, 9.17) is 18.9 Å². The number of hydrogen-bond acceptors (Lipinski definition) is 5. The minimum Gasteiger partial charge on any atom is -0.441 e. The summed E-state index contributed by atoms with van der Waals surface area (Å²) >= 11 is 0. The maximum atomic E-state index is 11.2. The Labute approximate surface area is 94.2 Å². The van der Waals surface area contributed by atoms with Gasteiger partial charge < -0.3 is 24.3 Å². The molecule has 1 amide bonds. The first-order valence-corrected chi connectivity index (χ1v) is 5.31. The van der Waals surface area contributed by atoms with Crippen molar-refractivity contribution in [3.05, 3.63) is 0 Å². The van der Waals surface area contributed by atoms with Gasteiger partial charge >= 0.3 is 6.09 Å². The van der Waals surface area contributed by atoms with Crippen molar-refractivity contribution >= 4 is 6.09 Å². The van der Waals surface area contributed by atoms with Crippen LogP contribution in [0.2, 0.25) is 0 Å². The second-order valence-electron chi connectivity index (χ2n) is 4.08. The molecule has 5 atom stereocenters. The van der Waals surface area contributed by atoms with E-state index in [9.17, 15) is 4.79 Å². The largest absolute Gasteiger partial charge is 0.441 e. The molecule has 2 rings (SSSR count). The third kappa shape index (κ3) is 1.88. The first-order chi connectivity index (χ1) is 7.67. The second-order valence-corrected chi connectivity index (χ2v) is 4.08. The van der Waals surface area contributed by atoms with E-state index in [1.165, 1.54) is 0 Å². The van der Waals surface area contributed by atoms with Gasteiger partial charge in [0.1, 0.15) is 12.2 Å². The minimum absolute atomic E-state index is 0.108. The molecule has 0 saturated carbocycles. The normalized spacial score (nSPS) is 42.4. The summed E-state index contributed by atoms with van der Waals surface area (Å²) in [4.78, 5) is 11.2. The topological polar surface area (TPSA) is 66.0 Å². The molecule has 1 N–H and O–H groups in total. The first-order valence-electron chi connectivity index (χ1n) is 5.31. The molecular weight excluding hydrogens is 214 g/mol. The van der Waals surface area contributed by atoms with Crippen molar-refractivity contribution in [1.82, 2.24) is 5.32 Å². The Morgan fingerprint density at radius 3 is 2.81 bits per heavy atom. The summed E-state index contributed by atoms with van der Waals surface area (Å²) in [5, 5.41) is 2.73. The summed E-state index contributed by atoms with van der Waals surface area (Å²) in [6.07, 6.45) is -1.32. The summed E-state index contributed by atoms with van der Waals surface area (Å²) in [6, 6.07) is -0.148. The Hall–Kier alpha value is -0.850. The first kappa shape index (κ1) is 11.6. The molecular formula is C10H17NO5. The average molecular weight is 231 g/mol. The van der Waals surface area contributed by atoms with E-state index < -0.39 is 6.09 Å². The lowest BCUT2D eigenvalue weighted by molar-refractivity contribution is -0.185. The van der Waals surface area contributed by atoms with Crippen LogP contribution in [-0.2, 0) is 18.9 Å². The Balaban J connectivity index is 2.14. The van der Waals surface area contributed by atoms with Crippen molar-refractivity contribution in [1.29, 1.82) is 0 Å². The lowest BCUT2D eigenvalue weighted by atomic mass is 9.94. The highest BCUT2D eigenvalue weighted by Crippen LogP contribution is 2.28. The van der Waals surface area contributed by atoms with Gasteiger partial charge in [0.05, 0.1) is 18.8 Å². The smallest absolute Gasteiger partial charge is 0.408 e. The van der Waals surface area contributed by atoms with Gasteiger partial charge in [-0.15, -0.1) is 0 Å². The molecule has 2 aliphatic rings. The molecule has 2 aliphatic heterocycles. The van der Waals surface area contributed by atoms with Gasteiger partial charge in [0, 0.05) is 14.2 Å². The molecule has 2 fully saturated rings. The number of methoxy groups -OCH3 is 2. The molecule has 0 bridgehead atoms. The molecule has 2 saturated heterocycles. The van der Waals surface area contributed by atoms with Crippen LogP contribution in [0.3, 0.4) is 0 Å². The van der Waals surface area contributed by atoms with Crippen LogP contribution in [0.4, 0.5) is 4.79 Å². The SMILES string of the molecule is COCC1OC(C)C2NC(=O)O[C@H]2[C@H]1OC. The maximum absolute atomic E-state index is 11.2. The fourth-order valence-electron chi connectivity index (χ4n) is 2.34. The van der Waals surface area contributed by atoms with E-state index >= 15 is 0 Å². The van der Waals surface area contributed by atoms with Crippen LogP contribution in [-0.4, -0.2) is 57.4 Å². The van der Waals surface area contributed by atoms with Crippen molar-refractivity contribution in [3.8, 4) is 0 Å². The predicted octanol–water partition coefficient (Wildman–Crippen LogP) is -0.0879. The van der Waals surface area contributed by atoms with Crippen molar-refractivity contribution in [2.75, 3.05) is 20.8 Å². The zero-order valence-electron chi connectivity index (χ0n) is 9.64. The summed E-state index contributed by atoms with van der Waals surface area (Å²) in [7, 11) is 3.18. The summed E-state index contributed by atoms with van der Waals surface area (Å²) in [6.45, 7) is 2.32. The number of hydrogen-bond donors (Lipinski definition) is 1. The van der Waals surface area contributed by atoms with Crippen LogP contribution >= 0.6 is 0 Å². The Bertz CT molecular complexity index is 272. The molecule has 2 heterocycles. The Kier molecular flexibility index (Phi) is 3.32. The number of rotatable bonds is 3. The fourth-order valence-corrected chi connectivity index (χ4v) is 2.34. The Morgan fingerprint density at radius 1 is 1.44 bits per heavy atom. The van der Waals surface area contributed by atoms with Crippen LogP contribution in [0.1, 0.15) is 6.92 Å². The van der Waals surface area contributed by atoms with Crippen LogP contribution < -0.4 is 5.32 Å². The third-order valence-corrected chi connectivity index (χ3v) is 3.07. The van der Waals surface area contributed by atoms with Crippen molar-refractivity contribution in [2.24, 2.45) is 0 Å². The van der Waals surface area contributed by atoms with Crippen LogP contribution in [0, 0.1) is 0 Å². The molecule has 0 spiro atoms. The fraction of sp³-hybridized carbons (Fsp3) is 0.900. The zero-order chi connectivity index (χ0) is 11.7. The molecule has 6 nitrogen and oxygen atoms in total. The minimum atomic E-state index is -0.412. The summed E-state index contributed by atoms with van der Waals surface area (Å²) in [5.41, 5.74) is 0. The van der Waals surface area contributed by atoms with Gasteiger partial charge in [0.25, 0.3) is 0 Å². The highest BCUT2D eigenvalue weighted by atomic mass is 16.6. The number of carbonyl (C=O) groups excluding carboxylic acids is 1. The van der Waals surface area contributed by atoms with Gasteiger partial charge in [0.15, 0.2) is 6.10 Å². The standard InChI is InChI=1S/C10H17NO5/c1-5-7-9(16-10(12)11-7)8(14-3)6(15-5)4-13-2/h5-9H,4H2,1-3H3,(H,11,12)/t5?,6?,7?,8-,9+/m0/s1. The van der Waals surface area contributed by atoms with Gasteiger partial charge in [-0.3, -0.25) is 0 Å². The molecule has 16 heavy (non-hydrogen) atoms. The number of nitrogens with one attached hydrogen (secondary N) is 1. The second kappa shape index (κ2) is 4.57. The lowest BCUT2D eigenvalue weighted by Crippen LogP contribution is -2.59. The van der Waals surface area contributed by atoms with E-state index in [0.717, 1.165) is 0 Å². The van der Waals surface area contributed by atoms with Gasteiger partial charge in [-0.05, 0) is 6.92 Å². The zero-order valence-corrected chi connectivity index (χ0v) is 9.64. The van der Waals surface area contributed by atoms with E-state index in [1.807, 2.05) is 6.92 Å². The van der Waals surface area contributed by atoms with Gasteiger partial charge in [0.2, 0.25) is 0 Å². The molecule has 0 aromatic heterocycles. The molecule has 92 valence electrons. The molecule has 0 radical (unpaired) electrons. The Morgan fingerprint density at radius 2 is 2.19 bits per heavy atom. The molecule has 6 heteroatoms. The highest BCUT2D eigenvalue weighted by Gasteiger charge is 2.51. The lowest BCUT2D eigenvalue weighted by Gasteiger charge is -2.40. The van der Waals surface area contributed by atoms with E-state index in [2.05, 4.69) is 5.32 Å². The van der Waals surface area contributed by atoms with Gasteiger partial charge in [-0.25, -0.2) is 4.79 Å². The summed E-state index contributed by atoms with van der Waals surface area (Å²) < 4.78 is 21.4. The number of alkyl carbamates (subject to hydrolysis) is 1. The van der Waals surface area contributed by atoms with Crippen molar-refractivity contribution < 1.29 is 23.7 Å². The summed E-state index contributed by atoms with van der Waals surface area (Å²) in [5.74, 6) is 0. The van der Waals surface area contributed by atoms with Crippen LogP contribution in [0.15, 0.2) is 0 Å². The number of fused-ring (bicyclic) bond motifs is 1. The number of ether oxygens (including phenoxy) is 4. The van der Waals surface area contributed by atoms with E-state index in [0.29, 0.717) is 6.61 Å². The molecule has 0 aliphatic carbocycles. The maximum Gasteiger partial charge on any atom is 0.408 e. The number of carbonyl (C=O) groups is 1. The van der Waals surface area contributed by atoms with Crippen molar-refractivity contribution in [3.63, 3.8) is 0 Å². The quantitative estimate of drug-likeness (QED) is 0.735. The van der Waals surface area contributed by atoms with Gasteiger partial charge in [-0.1, -0.05) is 0 Å². The van der Waals surface area contributed by atoms with E-state index in [1.54, 1.807) is 14.2 Å². The van der Waals surface area contributed by atoms with Crippen LogP contribution in [0.25, 0.3) is 0 Å². The van der Waals surface area contributed by atoms with Crippen LogP contribution in [0.5, 0.6) is 0 Å². The van der Waals surface area contributed by atoms with Crippen molar-refractivity contribution in [2.45, 2.75) is 37.4 Å². The van der Waals surface area contributed by atoms with E-state index in [-0.39, 0.29) is 30.5 Å².